The zero-order valence-corrected chi connectivity index (χ0v) is 4.78. The minimum Gasteiger partial charge on any atom is -0.0991 e. The first-order chi connectivity index (χ1) is 3.41. The summed E-state index contributed by atoms with van der Waals surface area (Å²) in [4.78, 5) is 0. The van der Waals surface area contributed by atoms with E-state index in [0.717, 1.165) is 6.42 Å². The largest absolute Gasteiger partial charge is 0.0991 e. The van der Waals surface area contributed by atoms with E-state index in [4.69, 9.17) is 0 Å². The summed E-state index contributed by atoms with van der Waals surface area (Å²) in [5, 5.41) is 0. The van der Waals surface area contributed by atoms with Crippen LogP contribution in [0.5, 0.6) is 0 Å². The zero-order chi connectivity index (χ0) is 5.54. The van der Waals surface area contributed by atoms with Crippen LogP contribution in [0.4, 0.5) is 0 Å². The molecule has 0 aromatic rings. The van der Waals surface area contributed by atoms with Crippen LogP contribution in [0.25, 0.3) is 0 Å². The molecular weight excluding hydrogens is 84.1 g/mol. The lowest BCUT2D eigenvalue weighted by Crippen LogP contribution is -1.58. The maximum Gasteiger partial charge on any atom is -0.0279 e. The van der Waals surface area contributed by atoms with E-state index in [1.165, 1.54) is 6.42 Å². The van der Waals surface area contributed by atoms with Crippen LogP contribution in [0.2, 0.25) is 0 Å². The van der Waals surface area contributed by atoms with Gasteiger partial charge in [0, 0.05) is 0 Å². The van der Waals surface area contributed by atoms with Gasteiger partial charge in [0.15, 0.2) is 0 Å². The fraction of sp³-hybridized carbons (Fsp3) is 0.429. The van der Waals surface area contributed by atoms with Crippen LogP contribution in [0.15, 0.2) is 18.7 Å². The maximum absolute atomic E-state index is 3.51. The Kier molecular flexibility index (Phi) is 5.07. The van der Waals surface area contributed by atoms with Crippen molar-refractivity contribution in [2.24, 2.45) is 0 Å². The summed E-state index contributed by atoms with van der Waals surface area (Å²) in [5.41, 5.74) is 0. The molecule has 0 atom stereocenters. The molecule has 0 nitrogen and oxygen atoms in total. The summed E-state index contributed by atoms with van der Waals surface area (Å²) >= 11 is 0. The summed E-state index contributed by atoms with van der Waals surface area (Å²) < 4.78 is 0. The van der Waals surface area contributed by atoms with Crippen LogP contribution >= 0.6 is 0 Å². The number of rotatable bonds is 3. The van der Waals surface area contributed by atoms with Crippen LogP contribution in [-0.4, -0.2) is 0 Å². The van der Waals surface area contributed by atoms with E-state index in [1.807, 2.05) is 6.08 Å². The van der Waals surface area contributed by atoms with Gasteiger partial charge in [-0.2, -0.15) is 0 Å². The average molecular weight is 95.2 g/mol. The van der Waals surface area contributed by atoms with Gasteiger partial charge in [-0.15, -0.1) is 0 Å². The van der Waals surface area contributed by atoms with Gasteiger partial charge in [-0.3, -0.25) is 0 Å². The van der Waals surface area contributed by atoms with Gasteiger partial charge in [0.1, 0.15) is 0 Å². The topological polar surface area (TPSA) is 0 Å². The van der Waals surface area contributed by atoms with Gasteiger partial charge in [-0.25, -0.2) is 0 Å². The van der Waals surface area contributed by atoms with E-state index in [0.29, 0.717) is 0 Å². The molecule has 0 N–H and O–H groups in total. The molecule has 0 amide bonds. The lowest BCUT2D eigenvalue weighted by Gasteiger charge is -1.76. The predicted octanol–water partition coefficient (Wildman–Crippen LogP) is 2.33. The summed E-state index contributed by atoms with van der Waals surface area (Å²) in [6.07, 6.45) is 8.86. The molecule has 0 heteroatoms. The number of hydrogen-bond donors (Lipinski definition) is 0. The Bertz CT molecular complexity index is 60.4. The van der Waals surface area contributed by atoms with E-state index >= 15 is 0 Å². The van der Waals surface area contributed by atoms with Gasteiger partial charge in [0.25, 0.3) is 0 Å². The lowest BCUT2D eigenvalue weighted by atomic mass is 10.3. The fourth-order valence-corrected chi connectivity index (χ4v) is 0.311. The second-order valence-corrected chi connectivity index (χ2v) is 1.36. The van der Waals surface area contributed by atoms with Crippen LogP contribution in [0, 0.1) is 6.08 Å². The molecule has 0 aliphatic heterocycles. The lowest BCUT2D eigenvalue weighted by molar-refractivity contribution is 0.940. The van der Waals surface area contributed by atoms with Gasteiger partial charge in [0.2, 0.25) is 0 Å². The fourth-order valence-electron chi connectivity index (χ4n) is 0.311. The van der Waals surface area contributed by atoms with Crippen molar-refractivity contribution < 1.29 is 0 Å². The second kappa shape index (κ2) is 5.48. The highest BCUT2D eigenvalue weighted by Gasteiger charge is 1.67. The molecule has 0 spiro atoms. The van der Waals surface area contributed by atoms with Crippen molar-refractivity contribution >= 4 is 0 Å². The van der Waals surface area contributed by atoms with E-state index in [-0.39, 0.29) is 0 Å². The minimum atomic E-state index is 1.05. The van der Waals surface area contributed by atoms with Crippen molar-refractivity contribution in [2.75, 3.05) is 0 Å². The molecule has 0 heterocycles. The summed E-state index contributed by atoms with van der Waals surface area (Å²) in [5.74, 6) is 0. The average Bonchev–Trinajstić information content (AvgIpc) is 1.69. The first-order valence-electron chi connectivity index (χ1n) is 2.59. The van der Waals surface area contributed by atoms with Crippen molar-refractivity contribution in [3.63, 3.8) is 0 Å². The van der Waals surface area contributed by atoms with Crippen molar-refractivity contribution in [1.29, 1.82) is 0 Å². The summed E-state index contributed by atoms with van der Waals surface area (Å²) in [6, 6.07) is 0. The zero-order valence-electron chi connectivity index (χ0n) is 4.78. The number of hydrogen-bond acceptors (Lipinski definition) is 0. The summed E-state index contributed by atoms with van der Waals surface area (Å²) in [6.45, 7) is 5.64. The van der Waals surface area contributed by atoms with E-state index in [9.17, 15) is 0 Å². The third-order valence-corrected chi connectivity index (χ3v) is 0.630. The predicted molar refractivity (Wildman–Crippen MR) is 32.9 cm³/mol. The highest BCUT2D eigenvalue weighted by atomic mass is 13.7. The molecule has 0 fully saturated rings. The Labute approximate surface area is 45.5 Å². The first-order valence-corrected chi connectivity index (χ1v) is 2.59. The van der Waals surface area contributed by atoms with Crippen LogP contribution in [0.1, 0.15) is 19.8 Å². The Morgan fingerprint density at radius 3 is 2.86 bits per heavy atom. The van der Waals surface area contributed by atoms with E-state index < -0.39 is 0 Å². The Hall–Kier alpha value is -0.520. The van der Waals surface area contributed by atoms with E-state index in [1.54, 1.807) is 6.08 Å². The van der Waals surface area contributed by atoms with Gasteiger partial charge in [-0.05, 0) is 12.5 Å². The normalized spacial score (nSPS) is 9.86. The Morgan fingerprint density at radius 1 is 1.71 bits per heavy atom. The molecule has 0 aromatic heterocycles. The highest BCUT2D eigenvalue weighted by Crippen LogP contribution is 1.85. The quantitative estimate of drug-likeness (QED) is 0.472. The minimum absolute atomic E-state index is 1.05. The molecule has 0 rings (SSSR count). The molecule has 0 saturated carbocycles. The van der Waals surface area contributed by atoms with Crippen molar-refractivity contribution in [3.8, 4) is 0 Å². The Balaban J connectivity index is 2.92. The molecule has 0 aromatic carbocycles. The van der Waals surface area contributed by atoms with Gasteiger partial charge >= 0.3 is 0 Å². The van der Waals surface area contributed by atoms with Gasteiger partial charge in [0.05, 0.1) is 0 Å². The molecule has 1 radical (unpaired) electrons. The van der Waals surface area contributed by atoms with Crippen LogP contribution < -0.4 is 0 Å². The monoisotopic (exact) mass is 95.1 g/mol. The molecule has 0 aliphatic carbocycles. The molecule has 0 bridgehead atoms. The second-order valence-electron chi connectivity index (χ2n) is 1.36. The SMILES string of the molecule is C=C/C=[C]/CCC. The standard InChI is InChI=1S/C7H11/c1-3-5-7-6-4-2/h3,5H,1,4,6H2,2H3. The smallest absolute Gasteiger partial charge is 0.0279 e. The van der Waals surface area contributed by atoms with E-state index in [2.05, 4.69) is 19.6 Å². The molecule has 7 heavy (non-hydrogen) atoms. The molecule has 0 unspecified atom stereocenters. The van der Waals surface area contributed by atoms with Crippen LogP contribution in [-0.2, 0) is 0 Å². The number of unbranched alkanes of at least 4 members (excludes halogenated alkanes) is 1. The highest BCUT2D eigenvalue weighted by molar-refractivity contribution is 4.91. The van der Waals surface area contributed by atoms with Gasteiger partial charge in [-0.1, -0.05) is 32.1 Å². The number of allylic oxidation sites excluding steroid dienone is 3. The van der Waals surface area contributed by atoms with Crippen LogP contribution in [0.3, 0.4) is 0 Å². The first kappa shape index (κ1) is 6.48. The maximum atomic E-state index is 3.51. The van der Waals surface area contributed by atoms with Crippen molar-refractivity contribution in [3.05, 3.63) is 24.8 Å². The summed E-state index contributed by atoms with van der Waals surface area (Å²) in [7, 11) is 0. The van der Waals surface area contributed by atoms with Crippen molar-refractivity contribution in [2.45, 2.75) is 19.8 Å². The van der Waals surface area contributed by atoms with Gasteiger partial charge < -0.3 is 0 Å². The molecule has 0 aliphatic rings. The molecule has 0 saturated heterocycles. The van der Waals surface area contributed by atoms with Crippen molar-refractivity contribution in [1.82, 2.24) is 0 Å². The molecule has 39 valence electrons. The third kappa shape index (κ3) is 5.48. The molecular formula is C7H11. The third-order valence-electron chi connectivity index (χ3n) is 0.630. The Morgan fingerprint density at radius 2 is 2.43 bits per heavy atom.